The second-order valence-corrected chi connectivity index (χ2v) is 11.7. The molecule has 2 heteroatoms. The SMILES string of the molecule is C=CC1=NC2CC(=C)[n+]3cc(C4CCCC4)c(-c4ccccc4)cc3-c3ccccc3CCC2c2ccccc21. The molecule has 3 aromatic carbocycles. The molecular weight excluding hydrogens is 484 g/mol. The number of aromatic nitrogens is 1. The third-order valence-electron chi connectivity index (χ3n) is 9.40. The van der Waals surface area contributed by atoms with E-state index >= 15 is 0 Å². The number of fused-ring (bicyclic) bond motifs is 6. The fraction of sp³-hybridized carbons (Fsp3) is 0.263. The summed E-state index contributed by atoms with van der Waals surface area (Å²) >= 11 is 0. The van der Waals surface area contributed by atoms with Crippen LogP contribution in [0.4, 0.5) is 0 Å². The van der Waals surface area contributed by atoms with Crippen molar-refractivity contribution in [1.29, 1.82) is 0 Å². The highest BCUT2D eigenvalue weighted by Crippen LogP contribution is 2.42. The van der Waals surface area contributed by atoms with Gasteiger partial charge in [-0.1, -0.05) is 92.2 Å². The van der Waals surface area contributed by atoms with Gasteiger partial charge in [0.05, 0.1) is 18.2 Å². The number of aryl methyl sites for hydroxylation is 1. The van der Waals surface area contributed by atoms with Gasteiger partial charge in [-0.3, -0.25) is 4.99 Å². The molecule has 2 aliphatic heterocycles. The topological polar surface area (TPSA) is 16.2 Å². The van der Waals surface area contributed by atoms with E-state index in [2.05, 4.69) is 102 Å². The molecule has 0 spiro atoms. The number of benzene rings is 3. The van der Waals surface area contributed by atoms with E-state index in [4.69, 9.17) is 11.6 Å². The number of pyridine rings is 1. The Morgan fingerprint density at radius 2 is 1.50 bits per heavy atom. The molecule has 1 fully saturated rings. The van der Waals surface area contributed by atoms with Crippen LogP contribution in [-0.2, 0) is 6.42 Å². The molecule has 2 atom stereocenters. The molecule has 1 aromatic heterocycles. The first-order chi connectivity index (χ1) is 19.7. The first kappa shape index (κ1) is 25.0. The molecule has 2 unspecified atom stereocenters. The second-order valence-electron chi connectivity index (χ2n) is 11.7. The molecule has 1 saturated carbocycles. The Kier molecular flexibility index (Phi) is 6.55. The molecule has 3 aliphatic rings. The van der Waals surface area contributed by atoms with Crippen molar-refractivity contribution in [2.75, 3.05) is 0 Å². The van der Waals surface area contributed by atoms with E-state index in [1.165, 1.54) is 70.3 Å². The zero-order valence-electron chi connectivity index (χ0n) is 23.2. The van der Waals surface area contributed by atoms with Crippen LogP contribution in [0.2, 0.25) is 0 Å². The third kappa shape index (κ3) is 4.36. The van der Waals surface area contributed by atoms with Crippen LogP contribution in [0.5, 0.6) is 0 Å². The van der Waals surface area contributed by atoms with E-state index in [1.54, 1.807) is 0 Å². The summed E-state index contributed by atoms with van der Waals surface area (Å²) in [4.78, 5) is 5.31. The zero-order chi connectivity index (χ0) is 27.1. The number of aliphatic imine (C=N–C) groups is 1. The zero-order valence-corrected chi connectivity index (χ0v) is 23.2. The van der Waals surface area contributed by atoms with Gasteiger partial charge in [0, 0.05) is 28.7 Å². The summed E-state index contributed by atoms with van der Waals surface area (Å²) in [6.07, 6.45) is 12.4. The maximum absolute atomic E-state index is 5.31. The largest absolute Gasteiger partial charge is 0.280 e. The maximum Gasteiger partial charge on any atom is 0.219 e. The van der Waals surface area contributed by atoms with Crippen LogP contribution in [0, 0.1) is 0 Å². The Labute approximate surface area is 238 Å². The smallest absolute Gasteiger partial charge is 0.219 e. The van der Waals surface area contributed by atoms with Crippen molar-refractivity contribution < 1.29 is 4.57 Å². The Hall–Kier alpha value is -4.04. The van der Waals surface area contributed by atoms with E-state index in [9.17, 15) is 0 Å². The van der Waals surface area contributed by atoms with Gasteiger partial charge in [0.1, 0.15) is 0 Å². The number of rotatable bonds is 3. The molecule has 7 rings (SSSR count). The number of nitrogens with zero attached hydrogens (tertiary/aromatic N) is 2. The predicted molar refractivity (Wildman–Crippen MR) is 167 cm³/mol. The highest BCUT2D eigenvalue weighted by atomic mass is 15.0. The van der Waals surface area contributed by atoms with Crippen molar-refractivity contribution in [2.45, 2.75) is 62.8 Å². The Morgan fingerprint density at radius 3 is 2.30 bits per heavy atom. The normalized spacial score (nSPS) is 20.5. The highest BCUT2D eigenvalue weighted by molar-refractivity contribution is 6.10. The van der Waals surface area contributed by atoms with E-state index in [-0.39, 0.29) is 6.04 Å². The lowest BCUT2D eigenvalue weighted by Gasteiger charge is -2.32. The van der Waals surface area contributed by atoms with Crippen molar-refractivity contribution in [2.24, 2.45) is 4.99 Å². The van der Waals surface area contributed by atoms with Gasteiger partial charge in [0.2, 0.25) is 5.69 Å². The number of allylic oxidation sites excluding steroid dienone is 1. The van der Waals surface area contributed by atoms with Crippen LogP contribution < -0.4 is 4.57 Å². The van der Waals surface area contributed by atoms with Crippen LogP contribution >= 0.6 is 0 Å². The van der Waals surface area contributed by atoms with Crippen molar-refractivity contribution >= 4 is 11.4 Å². The van der Waals surface area contributed by atoms with Gasteiger partial charge in [-0.25, -0.2) is 0 Å². The van der Waals surface area contributed by atoms with Gasteiger partial charge < -0.3 is 0 Å². The van der Waals surface area contributed by atoms with E-state index in [1.807, 2.05) is 6.08 Å². The second kappa shape index (κ2) is 10.5. The molecule has 1 aliphatic carbocycles. The molecule has 3 heterocycles. The average molecular weight is 522 g/mol. The van der Waals surface area contributed by atoms with Crippen molar-refractivity contribution in [3.63, 3.8) is 0 Å². The van der Waals surface area contributed by atoms with E-state index < -0.39 is 0 Å². The maximum atomic E-state index is 5.31. The summed E-state index contributed by atoms with van der Waals surface area (Å²) in [5.74, 6) is 0.941. The molecule has 40 heavy (non-hydrogen) atoms. The van der Waals surface area contributed by atoms with Crippen LogP contribution in [0.15, 0.2) is 115 Å². The van der Waals surface area contributed by atoms with Crippen LogP contribution in [0.25, 0.3) is 28.1 Å². The summed E-state index contributed by atoms with van der Waals surface area (Å²) in [6, 6.07) is 31.4. The lowest BCUT2D eigenvalue weighted by molar-refractivity contribution is -0.571. The van der Waals surface area contributed by atoms with Crippen molar-refractivity contribution in [3.8, 4) is 22.4 Å². The third-order valence-corrected chi connectivity index (χ3v) is 9.40. The predicted octanol–water partition coefficient (Wildman–Crippen LogP) is 8.91. The monoisotopic (exact) mass is 521 g/mol. The molecule has 0 N–H and O–H groups in total. The Morgan fingerprint density at radius 1 is 0.775 bits per heavy atom. The summed E-state index contributed by atoms with van der Waals surface area (Å²) in [6.45, 7) is 8.86. The molecule has 0 bridgehead atoms. The lowest BCUT2D eigenvalue weighted by atomic mass is 9.78. The first-order valence-corrected chi connectivity index (χ1v) is 14.9. The summed E-state index contributed by atoms with van der Waals surface area (Å²) < 4.78 is 2.42. The van der Waals surface area contributed by atoms with Crippen LogP contribution in [0.3, 0.4) is 0 Å². The van der Waals surface area contributed by atoms with Gasteiger partial charge in [0.25, 0.3) is 0 Å². The van der Waals surface area contributed by atoms with E-state index in [0.717, 1.165) is 30.7 Å². The summed E-state index contributed by atoms with van der Waals surface area (Å²) in [5, 5.41) is 0. The molecule has 0 amide bonds. The minimum absolute atomic E-state index is 0.143. The van der Waals surface area contributed by atoms with Crippen molar-refractivity contribution in [3.05, 3.63) is 133 Å². The van der Waals surface area contributed by atoms with Crippen LogP contribution in [-0.4, -0.2) is 11.8 Å². The lowest BCUT2D eigenvalue weighted by Crippen LogP contribution is -2.39. The van der Waals surface area contributed by atoms with Gasteiger partial charge in [0.15, 0.2) is 11.9 Å². The Balaban J connectivity index is 1.43. The van der Waals surface area contributed by atoms with Crippen molar-refractivity contribution in [1.82, 2.24) is 0 Å². The minimum atomic E-state index is 0.143. The van der Waals surface area contributed by atoms with Gasteiger partial charge in [-0.2, -0.15) is 4.57 Å². The van der Waals surface area contributed by atoms with Gasteiger partial charge in [-0.15, -0.1) is 0 Å². The molecule has 4 aromatic rings. The molecular formula is C38H37N2+. The fourth-order valence-corrected chi connectivity index (χ4v) is 7.40. The highest BCUT2D eigenvalue weighted by Gasteiger charge is 2.35. The quantitative estimate of drug-likeness (QED) is 0.239. The van der Waals surface area contributed by atoms with Gasteiger partial charge >= 0.3 is 0 Å². The minimum Gasteiger partial charge on any atom is -0.280 e. The molecule has 0 radical (unpaired) electrons. The average Bonchev–Trinajstić information content (AvgIpc) is 3.55. The van der Waals surface area contributed by atoms with E-state index in [0.29, 0.717) is 11.8 Å². The molecule has 198 valence electrons. The fourth-order valence-electron chi connectivity index (χ4n) is 7.40. The molecule has 0 saturated heterocycles. The standard InChI is InChI=1S/C38H37N2/c1-3-36-32-20-12-11-19-31(32)33-22-21-29-17-9-10-18-30(29)38-24-34(27-13-5-4-6-14-27)35(28-15-7-8-16-28)25-40(38)26(2)23-37(33)39-36/h3-6,9-14,17-20,24-25,28,33,37H,1-2,7-8,15-16,21-23H2/q+1. The van der Waals surface area contributed by atoms with Crippen LogP contribution in [0.1, 0.15) is 72.6 Å². The van der Waals surface area contributed by atoms with Gasteiger partial charge in [-0.05, 0) is 72.6 Å². The first-order valence-electron chi connectivity index (χ1n) is 14.9. The number of hydrogen-bond acceptors (Lipinski definition) is 1. The summed E-state index contributed by atoms with van der Waals surface area (Å²) in [5.41, 5.74) is 12.9. The number of hydrogen-bond donors (Lipinski definition) is 0. The molecule has 2 nitrogen and oxygen atoms in total. The summed E-state index contributed by atoms with van der Waals surface area (Å²) in [7, 11) is 0. The Bertz CT molecular complexity index is 1620.